The first-order chi connectivity index (χ1) is 9.74. The first kappa shape index (κ1) is 14.1. The van der Waals surface area contributed by atoms with Gasteiger partial charge in [0.2, 0.25) is 0 Å². The van der Waals surface area contributed by atoms with E-state index in [0.29, 0.717) is 18.6 Å². The summed E-state index contributed by atoms with van der Waals surface area (Å²) in [7, 11) is 0. The lowest BCUT2D eigenvalue weighted by molar-refractivity contribution is 0.340. The first-order valence-electron chi connectivity index (χ1n) is 6.60. The van der Waals surface area contributed by atoms with Crippen molar-refractivity contribution in [1.82, 2.24) is 0 Å². The molecule has 0 fully saturated rings. The molecule has 0 aliphatic heterocycles. The molecular formula is C17H16FNO. The Morgan fingerprint density at radius 2 is 1.85 bits per heavy atom. The molecule has 2 rings (SSSR count). The van der Waals surface area contributed by atoms with E-state index in [1.54, 1.807) is 18.2 Å². The number of hydrogen-bond donors (Lipinski definition) is 0. The van der Waals surface area contributed by atoms with Crippen molar-refractivity contribution in [3.63, 3.8) is 0 Å². The Balaban J connectivity index is 2.16. The average Bonchev–Trinajstić information content (AvgIpc) is 2.48. The quantitative estimate of drug-likeness (QED) is 0.819. The molecule has 20 heavy (non-hydrogen) atoms. The summed E-state index contributed by atoms with van der Waals surface area (Å²) in [5.41, 5.74) is 1.44. The van der Waals surface area contributed by atoms with Gasteiger partial charge in [0.25, 0.3) is 0 Å². The third-order valence-electron chi connectivity index (χ3n) is 3.13. The Kier molecular flexibility index (Phi) is 4.73. The highest BCUT2D eigenvalue weighted by Crippen LogP contribution is 2.24. The number of nitrogens with zero attached hydrogens (tertiary/aromatic N) is 1. The number of ether oxygens (including phenoxy) is 1. The summed E-state index contributed by atoms with van der Waals surface area (Å²) in [5.74, 6) is 0.153. The smallest absolute Gasteiger partial charge is 0.126 e. The van der Waals surface area contributed by atoms with Crippen molar-refractivity contribution in [3.8, 4) is 11.8 Å². The van der Waals surface area contributed by atoms with Crippen molar-refractivity contribution in [2.45, 2.75) is 19.3 Å². The van der Waals surface area contributed by atoms with Crippen LogP contribution in [0.2, 0.25) is 0 Å². The second kappa shape index (κ2) is 6.72. The Labute approximate surface area is 118 Å². The van der Waals surface area contributed by atoms with Gasteiger partial charge < -0.3 is 4.74 Å². The second-order valence-corrected chi connectivity index (χ2v) is 4.48. The lowest BCUT2D eigenvalue weighted by Gasteiger charge is -2.11. The van der Waals surface area contributed by atoms with Crippen molar-refractivity contribution in [3.05, 3.63) is 65.5 Å². The molecule has 0 radical (unpaired) electrons. The van der Waals surface area contributed by atoms with Crippen LogP contribution < -0.4 is 4.74 Å². The van der Waals surface area contributed by atoms with Crippen LogP contribution in [0.3, 0.4) is 0 Å². The number of hydrogen-bond acceptors (Lipinski definition) is 2. The molecule has 0 spiro atoms. The molecule has 2 nitrogen and oxygen atoms in total. The Morgan fingerprint density at radius 1 is 1.15 bits per heavy atom. The van der Waals surface area contributed by atoms with Gasteiger partial charge in [-0.2, -0.15) is 5.26 Å². The molecule has 0 bridgehead atoms. The van der Waals surface area contributed by atoms with Crippen LogP contribution in [0.25, 0.3) is 0 Å². The second-order valence-electron chi connectivity index (χ2n) is 4.48. The van der Waals surface area contributed by atoms with E-state index in [9.17, 15) is 9.65 Å². The third kappa shape index (κ3) is 3.36. The lowest BCUT2D eigenvalue weighted by atomic mass is 9.93. The molecule has 0 aromatic heterocycles. The van der Waals surface area contributed by atoms with Crippen molar-refractivity contribution in [2.24, 2.45) is 0 Å². The zero-order valence-corrected chi connectivity index (χ0v) is 11.3. The minimum absolute atomic E-state index is 0.265. The Bertz CT molecular complexity index is 601. The van der Waals surface area contributed by atoms with Crippen LogP contribution in [-0.2, 0) is 6.42 Å². The highest BCUT2D eigenvalue weighted by atomic mass is 19.1. The zero-order chi connectivity index (χ0) is 14.4. The summed E-state index contributed by atoms with van der Waals surface area (Å²) < 4.78 is 19.0. The average molecular weight is 269 g/mol. The SMILES string of the molecule is CCOc1ccc(C(C#N)Cc2ccccc2F)cc1. The molecule has 0 N–H and O–H groups in total. The third-order valence-corrected chi connectivity index (χ3v) is 3.13. The maximum atomic E-state index is 13.6. The van der Waals surface area contributed by atoms with E-state index in [4.69, 9.17) is 4.74 Å². The predicted molar refractivity (Wildman–Crippen MR) is 76.1 cm³/mol. The van der Waals surface area contributed by atoms with Crippen molar-refractivity contribution in [1.29, 1.82) is 5.26 Å². The van der Waals surface area contributed by atoms with Gasteiger partial charge in [-0.3, -0.25) is 0 Å². The molecule has 0 aliphatic rings. The molecule has 0 saturated carbocycles. The van der Waals surface area contributed by atoms with E-state index in [1.165, 1.54) is 6.07 Å². The van der Waals surface area contributed by atoms with E-state index in [0.717, 1.165) is 11.3 Å². The summed E-state index contributed by atoms with van der Waals surface area (Å²) in [4.78, 5) is 0. The predicted octanol–water partition coefficient (Wildman–Crippen LogP) is 4.07. The van der Waals surface area contributed by atoms with Crippen LogP contribution in [0.15, 0.2) is 48.5 Å². The number of benzene rings is 2. The normalized spacial score (nSPS) is 11.7. The lowest BCUT2D eigenvalue weighted by Crippen LogP contribution is -2.02. The van der Waals surface area contributed by atoms with E-state index in [2.05, 4.69) is 6.07 Å². The molecule has 3 heteroatoms. The maximum absolute atomic E-state index is 13.6. The van der Waals surface area contributed by atoms with Gasteiger partial charge in [0.05, 0.1) is 18.6 Å². The van der Waals surface area contributed by atoms with Gasteiger partial charge in [-0.1, -0.05) is 30.3 Å². The summed E-state index contributed by atoms with van der Waals surface area (Å²) in [6, 6.07) is 16.2. The maximum Gasteiger partial charge on any atom is 0.126 e. The highest BCUT2D eigenvalue weighted by molar-refractivity contribution is 5.34. The first-order valence-corrected chi connectivity index (χ1v) is 6.60. The standard InChI is InChI=1S/C17H16FNO/c1-2-20-16-9-7-13(8-10-16)15(12-19)11-14-5-3-4-6-17(14)18/h3-10,15H,2,11H2,1H3. The van der Waals surface area contributed by atoms with E-state index >= 15 is 0 Å². The number of nitriles is 1. The monoisotopic (exact) mass is 269 g/mol. The Hall–Kier alpha value is -2.34. The molecular weight excluding hydrogens is 253 g/mol. The van der Waals surface area contributed by atoms with Crippen LogP contribution >= 0.6 is 0 Å². The summed E-state index contributed by atoms with van der Waals surface area (Å²) >= 11 is 0. The van der Waals surface area contributed by atoms with Crippen molar-refractivity contribution < 1.29 is 9.13 Å². The van der Waals surface area contributed by atoms with E-state index in [-0.39, 0.29) is 11.7 Å². The number of rotatable bonds is 5. The van der Waals surface area contributed by atoms with E-state index in [1.807, 2.05) is 31.2 Å². The largest absolute Gasteiger partial charge is 0.494 e. The highest BCUT2D eigenvalue weighted by Gasteiger charge is 2.13. The van der Waals surface area contributed by atoms with Crippen molar-refractivity contribution >= 4 is 0 Å². The minimum atomic E-state index is -0.359. The van der Waals surface area contributed by atoms with Gasteiger partial charge in [0, 0.05) is 0 Å². The fraction of sp³-hybridized carbons (Fsp3) is 0.235. The van der Waals surface area contributed by atoms with Crippen LogP contribution in [0.1, 0.15) is 24.0 Å². The fourth-order valence-corrected chi connectivity index (χ4v) is 2.08. The topological polar surface area (TPSA) is 33.0 Å². The van der Waals surface area contributed by atoms with Gasteiger partial charge in [-0.25, -0.2) is 4.39 Å². The van der Waals surface area contributed by atoms with Crippen LogP contribution in [0.5, 0.6) is 5.75 Å². The summed E-state index contributed by atoms with van der Waals surface area (Å²) in [6.07, 6.45) is 0.372. The van der Waals surface area contributed by atoms with Gasteiger partial charge in [-0.15, -0.1) is 0 Å². The molecule has 2 aromatic rings. The van der Waals surface area contributed by atoms with Crippen LogP contribution in [0.4, 0.5) is 4.39 Å². The zero-order valence-electron chi connectivity index (χ0n) is 11.3. The Morgan fingerprint density at radius 3 is 2.45 bits per heavy atom. The van der Waals surface area contributed by atoms with Crippen LogP contribution in [0, 0.1) is 17.1 Å². The minimum Gasteiger partial charge on any atom is -0.494 e. The van der Waals surface area contributed by atoms with Gasteiger partial charge in [-0.05, 0) is 42.7 Å². The molecule has 1 atom stereocenters. The van der Waals surface area contributed by atoms with Gasteiger partial charge in [0.1, 0.15) is 11.6 Å². The fourth-order valence-electron chi connectivity index (χ4n) is 2.08. The molecule has 1 unspecified atom stereocenters. The molecule has 102 valence electrons. The van der Waals surface area contributed by atoms with Gasteiger partial charge in [0.15, 0.2) is 0 Å². The molecule has 2 aromatic carbocycles. The number of halogens is 1. The van der Waals surface area contributed by atoms with Crippen molar-refractivity contribution in [2.75, 3.05) is 6.61 Å². The molecule has 0 saturated heterocycles. The van der Waals surface area contributed by atoms with Crippen LogP contribution in [-0.4, -0.2) is 6.61 Å². The van der Waals surface area contributed by atoms with E-state index < -0.39 is 0 Å². The summed E-state index contributed by atoms with van der Waals surface area (Å²) in [6.45, 7) is 2.53. The van der Waals surface area contributed by atoms with Gasteiger partial charge >= 0.3 is 0 Å². The summed E-state index contributed by atoms with van der Waals surface area (Å²) in [5, 5.41) is 9.30. The molecule has 0 heterocycles. The molecule has 0 amide bonds. The molecule has 0 aliphatic carbocycles.